The monoisotopic (exact) mass is 1030 g/mol. The van der Waals surface area contributed by atoms with Gasteiger partial charge >= 0.3 is 0 Å². The minimum absolute atomic E-state index is 0.00131. The molecule has 0 bridgehead atoms. The largest absolute Gasteiger partial charge is 0.369 e. The first-order valence-electron chi connectivity index (χ1n) is 33.4. The van der Waals surface area contributed by atoms with Crippen LogP contribution in [-0.4, -0.2) is 23.6 Å². The Kier molecular flexibility index (Phi) is 8.87. The first-order chi connectivity index (χ1) is 41.8. The van der Waals surface area contributed by atoms with Crippen LogP contribution in [-0.2, 0) is 44.9 Å². The Balaban J connectivity index is 0.000000145. The highest BCUT2D eigenvalue weighted by Crippen LogP contribution is 2.49. The molecule has 370 valence electrons. The molecule has 8 nitrogen and oxygen atoms in total. The second-order valence-corrected chi connectivity index (χ2v) is 19.5. The van der Waals surface area contributed by atoms with Crippen LogP contribution in [0.4, 0.5) is 0 Å². The molecule has 8 N–H and O–H groups in total. The van der Waals surface area contributed by atoms with Crippen molar-refractivity contribution >= 4 is 80.7 Å². The van der Waals surface area contributed by atoms with Crippen molar-refractivity contribution in [2.45, 2.75) is 130 Å². The van der Waals surface area contributed by atoms with Crippen molar-refractivity contribution in [1.29, 1.82) is 0 Å². The van der Waals surface area contributed by atoms with E-state index in [4.69, 9.17) is 86.5 Å². The van der Waals surface area contributed by atoms with Gasteiger partial charge in [0.15, 0.2) is 0 Å². The van der Waals surface area contributed by atoms with Gasteiger partial charge in [-0.3, -0.25) is 19.2 Å². The quantitative estimate of drug-likeness (QED) is 0.159. The second-order valence-electron chi connectivity index (χ2n) is 18.3. The molecule has 0 spiro atoms. The molecule has 8 aliphatic carbocycles. The number of halogens is 3. The van der Waals surface area contributed by atoms with Gasteiger partial charge in [0.1, 0.15) is 0 Å². The van der Waals surface area contributed by atoms with Crippen molar-refractivity contribution in [1.82, 2.24) is 0 Å². The molecular weight excluding hydrogens is 947 g/mol. The Hall–Kier alpha value is -5.41. The molecule has 8 aliphatic rings. The number of benzene rings is 4. The molecule has 0 fully saturated rings. The van der Waals surface area contributed by atoms with Gasteiger partial charge in [-0.1, -0.05) is 70.7 Å². The van der Waals surface area contributed by atoms with Crippen molar-refractivity contribution in [2.24, 2.45) is 46.6 Å². The van der Waals surface area contributed by atoms with E-state index in [1.165, 1.54) is 0 Å². The molecule has 0 aromatic heterocycles. The van der Waals surface area contributed by atoms with Gasteiger partial charge in [-0.2, -0.15) is 0 Å². The number of aryl methyl sites for hydroxylation is 3. The van der Waals surface area contributed by atoms with Crippen molar-refractivity contribution in [3.05, 3.63) is 159 Å². The summed E-state index contributed by atoms with van der Waals surface area (Å²) in [4.78, 5) is 47.5. The molecule has 4 amide bonds. The predicted octanol–water partition coefficient (Wildman–Crippen LogP) is 12.3. The van der Waals surface area contributed by atoms with Gasteiger partial charge in [-0.15, -0.1) is 0 Å². The van der Waals surface area contributed by atoms with E-state index in [9.17, 15) is 19.2 Å². The second kappa shape index (κ2) is 20.6. The van der Waals surface area contributed by atoms with Gasteiger partial charge in [0, 0.05) is 39.7 Å². The van der Waals surface area contributed by atoms with E-state index in [0.29, 0.717) is 56.8 Å². The summed E-state index contributed by atoms with van der Waals surface area (Å²) in [5.74, 6) is -9.90. The van der Waals surface area contributed by atoms with E-state index in [1.54, 1.807) is 32.0 Å². The highest BCUT2D eigenvalue weighted by atomic mass is 35.5. The summed E-state index contributed by atoms with van der Waals surface area (Å²) in [5, 5.41) is 0.667. The van der Waals surface area contributed by atoms with Crippen molar-refractivity contribution in [3.8, 4) is 0 Å². The lowest BCUT2D eigenvalue weighted by Crippen LogP contribution is -2.27. The number of amides is 4. The van der Waals surface area contributed by atoms with Crippen LogP contribution in [0.5, 0.6) is 0 Å². The van der Waals surface area contributed by atoms with Crippen LogP contribution in [0.3, 0.4) is 0 Å². The lowest BCUT2D eigenvalue weighted by molar-refractivity contribution is -0.121. The smallest absolute Gasteiger partial charge is 0.224 e. The zero-order chi connectivity index (χ0) is 69.4. The van der Waals surface area contributed by atoms with E-state index < -0.39 is 111 Å². The summed E-state index contributed by atoms with van der Waals surface area (Å²) in [6, 6.07) is 10.7. The van der Waals surface area contributed by atoms with Gasteiger partial charge in [0.05, 0.1) is 27.7 Å². The Labute approximate surface area is 462 Å². The third kappa shape index (κ3) is 9.93. The normalized spacial score (nSPS) is 34.0. The van der Waals surface area contributed by atoms with Crippen LogP contribution in [0.2, 0.25) is 15.1 Å². The molecule has 71 heavy (non-hydrogen) atoms. The van der Waals surface area contributed by atoms with Gasteiger partial charge in [-0.25, -0.2) is 0 Å². The predicted molar refractivity (Wildman–Crippen MR) is 288 cm³/mol. The Morgan fingerprint density at radius 2 is 1.04 bits per heavy atom. The molecule has 0 heterocycles. The molecule has 4 aromatic rings. The average Bonchev–Trinajstić information content (AvgIpc) is 1.48. The van der Waals surface area contributed by atoms with Crippen molar-refractivity contribution in [2.75, 3.05) is 0 Å². The molecular formula is C60H65Cl3N4O4. The molecule has 0 saturated heterocycles. The van der Waals surface area contributed by atoms with Crippen LogP contribution in [0.15, 0.2) is 76.8 Å². The molecule has 0 saturated carbocycles. The molecule has 4 aromatic carbocycles. The fraction of sp³-hybridized carbons (Fsp3) is 0.400. The van der Waals surface area contributed by atoms with Crippen LogP contribution < -0.4 is 22.9 Å². The van der Waals surface area contributed by atoms with E-state index >= 15 is 0 Å². The summed E-state index contributed by atoms with van der Waals surface area (Å²) in [6.45, 7) is 7.08. The van der Waals surface area contributed by atoms with Gasteiger partial charge in [-0.05, 0) is 260 Å². The fourth-order valence-corrected chi connectivity index (χ4v) is 10.8. The van der Waals surface area contributed by atoms with Crippen LogP contribution in [0.25, 0.3) is 22.3 Å². The number of allylic oxidation sites excluding steroid dienone is 4. The van der Waals surface area contributed by atoms with E-state index in [1.807, 2.05) is 32.0 Å². The van der Waals surface area contributed by atoms with Gasteiger partial charge in [0.25, 0.3) is 0 Å². The zero-order valence-corrected chi connectivity index (χ0v) is 41.6. The first kappa shape index (κ1) is 30.6. The maximum atomic E-state index is 12.0. The lowest BCUT2D eigenvalue weighted by atomic mass is 9.82. The van der Waals surface area contributed by atoms with Crippen LogP contribution in [0.1, 0.15) is 172 Å². The zero-order valence-electron chi connectivity index (χ0n) is 60.4. The third-order valence-corrected chi connectivity index (χ3v) is 14.7. The summed E-state index contributed by atoms with van der Waals surface area (Å²) in [5.41, 5.74) is 30.6. The van der Waals surface area contributed by atoms with Crippen LogP contribution >= 0.6 is 34.8 Å². The highest BCUT2D eigenvalue weighted by Gasteiger charge is 2.37. The first-order valence-corrected chi connectivity index (χ1v) is 24.1. The number of hydrogen-bond donors (Lipinski definition) is 4. The molecule has 12 rings (SSSR count). The van der Waals surface area contributed by atoms with E-state index in [0.717, 1.165) is 27.8 Å². The van der Waals surface area contributed by atoms with Gasteiger partial charge in [0.2, 0.25) is 23.6 Å². The number of hydrogen-bond acceptors (Lipinski definition) is 4. The Morgan fingerprint density at radius 1 is 0.535 bits per heavy atom. The Bertz CT molecular complexity index is 4120. The molecule has 0 aliphatic heterocycles. The maximum absolute atomic E-state index is 12.0. The lowest BCUT2D eigenvalue weighted by Gasteiger charge is -2.22. The minimum atomic E-state index is -2.52. The maximum Gasteiger partial charge on any atom is 0.224 e. The third-order valence-electron chi connectivity index (χ3n) is 13.7. The number of nitrogens with two attached hydrogens (primary N) is 4. The van der Waals surface area contributed by atoms with Crippen molar-refractivity contribution in [3.63, 3.8) is 0 Å². The minimum Gasteiger partial charge on any atom is -0.369 e. The standard InChI is InChI=1S/3C15H16ClNO.C15H17NO/c2*1-8-5-9-6-13-10(12(9)7-14(8)16)3-2-4-11(13)15(17)18;1-8-5-9(16)6-13-10-3-2-4-11(15(17)18)14(10)7-12(8)13;1-9-5-6-10-8-14-11(13(10)7-9)3-2-4-12(14)15(16)17/h2*5,7,11H,2-4,6H2,1H3,(H2,17,18);5-6,11H,2-4,7H2,1H3,(H2,17,18);5-7,12H,2-4,8H2,1H3,(H2,16,17)/i3D2,4D2,5D,7D,11D;3D2,4D2,7D,11D;2*2D2,3D2. The van der Waals surface area contributed by atoms with E-state index in [-0.39, 0.29) is 98.4 Å². The number of primary amides is 4. The molecule has 11 heteroatoms. The number of rotatable bonds is 4. The molecule has 0 radical (unpaired) electrons. The average molecular weight is 1030 g/mol. The SMILES string of the molecule is [2H]C1([2H])CC(C(N)=O)C2=C(c3cc(C)ccc3C2)C1([2H])[2H].[2H]C1([2H])CC(C(N)=O)C2=C(c3cc(Cl)cc(C)c3C2)C1([2H])[2H].[2H]c1c(C)c(Cl)c([2H])c2c1CC1=C2C([2H])([2H])CC([2H])([2H])C1([2H])C(N)=O.[2H]c1c(Cl)c(C)cc2c1C1=C(C2)C([2H])(C(N)=O)C([2H])([2H])CC1([2H])[2H]. The number of carbonyl (C=O) groups excluding carboxylic acids is 4. The molecule has 4 unspecified atom stereocenters. The summed E-state index contributed by atoms with van der Waals surface area (Å²) < 4.78 is 173. The topological polar surface area (TPSA) is 172 Å². The highest BCUT2D eigenvalue weighted by molar-refractivity contribution is 6.32. The van der Waals surface area contributed by atoms with Crippen molar-refractivity contribution < 1.29 is 48.0 Å². The number of carbonyl (C=O) groups is 4. The Morgan fingerprint density at radius 3 is 1.62 bits per heavy atom. The summed E-state index contributed by atoms with van der Waals surface area (Å²) in [7, 11) is 0. The molecule has 4 atom stereocenters. The summed E-state index contributed by atoms with van der Waals surface area (Å²) in [6.07, 6.45) is -19.0. The van der Waals surface area contributed by atoms with Gasteiger partial charge < -0.3 is 22.9 Å². The van der Waals surface area contributed by atoms with Crippen LogP contribution in [0, 0.1) is 51.3 Å². The summed E-state index contributed by atoms with van der Waals surface area (Å²) >= 11 is 18.3. The van der Waals surface area contributed by atoms with E-state index in [2.05, 4.69) is 0 Å². The fourth-order valence-electron chi connectivity index (χ4n) is 10.2. The number of fused-ring (bicyclic) bond motifs is 8.